The molecule has 1 spiro atoms. The number of hydrogen-bond acceptors (Lipinski definition) is 6. The van der Waals surface area contributed by atoms with Gasteiger partial charge in [-0.2, -0.15) is 0 Å². The molecule has 1 heterocycles. The van der Waals surface area contributed by atoms with Gasteiger partial charge in [0.05, 0.1) is 11.8 Å². The van der Waals surface area contributed by atoms with Crippen molar-refractivity contribution in [3.63, 3.8) is 0 Å². The van der Waals surface area contributed by atoms with Crippen LogP contribution < -0.4 is 0 Å². The lowest BCUT2D eigenvalue weighted by molar-refractivity contribution is -0.154. The summed E-state index contributed by atoms with van der Waals surface area (Å²) in [4.78, 5) is 35.9. The summed E-state index contributed by atoms with van der Waals surface area (Å²) >= 11 is 0. The predicted octanol–water partition coefficient (Wildman–Crippen LogP) is 2.41. The molecule has 1 N–H and O–H groups in total. The topological polar surface area (TPSA) is 89.9 Å². The lowest BCUT2D eigenvalue weighted by atomic mass is 9.69. The van der Waals surface area contributed by atoms with Gasteiger partial charge in [0.15, 0.2) is 5.78 Å². The molecule has 1 aliphatic heterocycles. The largest absolute Gasteiger partial charge is 0.457 e. The molecule has 26 heavy (non-hydrogen) atoms. The molecule has 0 aromatic rings. The van der Waals surface area contributed by atoms with Gasteiger partial charge in [0.2, 0.25) is 0 Å². The fourth-order valence-corrected chi connectivity index (χ4v) is 3.37. The molecule has 1 fully saturated rings. The average Bonchev–Trinajstić information content (AvgIpc) is 2.86. The van der Waals surface area contributed by atoms with Gasteiger partial charge in [-0.25, -0.2) is 4.79 Å². The van der Waals surface area contributed by atoms with E-state index in [1.165, 1.54) is 17.7 Å². The van der Waals surface area contributed by atoms with Crippen LogP contribution in [-0.2, 0) is 23.9 Å². The molecule has 0 bridgehead atoms. The lowest BCUT2D eigenvalue weighted by Crippen LogP contribution is -2.43. The second kappa shape index (κ2) is 8.45. The zero-order valence-electron chi connectivity index (χ0n) is 15.5. The van der Waals surface area contributed by atoms with Crippen LogP contribution in [0.5, 0.6) is 0 Å². The molecule has 2 aliphatic rings. The predicted molar refractivity (Wildman–Crippen MR) is 95.1 cm³/mol. The van der Waals surface area contributed by atoms with E-state index in [0.717, 1.165) is 18.4 Å². The number of carbonyl (C=O) groups excluding carboxylic acids is 3. The van der Waals surface area contributed by atoms with Gasteiger partial charge in [0, 0.05) is 6.42 Å². The Morgan fingerprint density at radius 3 is 2.77 bits per heavy atom. The molecule has 0 saturated carbocycles. The van der Waals surface area contributed by atoms with Crippen LogP contribution in [0.15, 0.2) is 35.5 Å². The number of ether oxygens (including phenoxy) is 2. The van der Waals surface area contributed by atoms with Crippen molar-refractivity contribution in [2.45, 2.75) is 58.7 Å². The van der Waals surface area contributed by atoms with Crippen LogP contribution in [0.3, 0.4) is 0 Å². The van der Waals surface area contributed by atoms with Gasteiger partial charge in [-0.05, 0) is 51.8 Å². The molecule has 3 atom stereocenters. The Balaban J connectivity index is 2.19. The van der Waals surface area contributed by atoms with Crippen molar-refractivity contribution in [3.05, 3.63) is 35.5 Å². The summed E-state index contributed by atoms with van der Waals surface area (Å²) < 4.78 is 10.6. The maximum absolute atomic E-state index is 12.6. The fraction of sp³-hybridized carbons (Fsp3) is 0.550. The van der Waals surface area contributed by atoms with E-state index in [-0.39, 0.29) is 18.6 Å². The van der Waals surface area contributed by atoms with Gasteiger partial charge < -0.3 is 14.6 Å². The molecule has 6 nitrogen and oxygen atoms in total. The zero-order valence-corrected chi connectivity index (χ0v) is 15.5. The highest BCUT2D eigenvalue weighted by molar-refractivity contribution is 6.00. The number of hydrogen-bond donors (Lipinski definition) is 1. The Labute approximate surface area is 153 Å². The first-order chi connectivity index (χ1) is 12.3. The minimum atomic E-state index is -1.05. The minimum Gasteiger partial charge on any atom is -0.457 e. The Kier molecular flexibility index (Phi) is 6.53. The lowest BCUT2D eigenvalue weighted by Gasteiger charge is -2.34. The minimum absolute atomic E-state index is 0.0359. The molecule has 142 valence electrons. The Hall–Kier alpha value is -2.21. The fourth-order valence-electron chi connectivity index (χ4n) is 3.37. The maximum atomic E-state index is 12.6. The van der Waals surface area contributed by atoms with Crippen molar-refractivity contribution < 1.29 is 29.0 Å². The molecule has 1 saturated heterocycles. The smallest absolute Gasteiger partial charge is 0.332 e. The van der Waals surface area contributed by atoms with Crippen LogP contribution in [0.1, 0.15) is 46.5 Å². The molecule has 0 radical (unpaired) electrons. The Bertz CT molecular complexity index is 668. The highest BCUT2D eigenvalue weighted by Gasteiger charge is 2.55. The Morgan fingerprint density at radius 1 is 1.38 bits per heavy atom. The number of cyclic esters (lactones) is 1. The molecule has 0 aromatic heterocycles. The number of aliphatic hydroxyl groups is 1. The summed E-state index contributed by atoms with van der Waals surface area (Å²) in [5.74, 6) is -1.39. The highest BCUT2D eigenvalue weighted by Crippen LogP contribution is 2.45. The summed E-state index contributed by atoms with van der Waals surface area (Å²) in [5, 5.41) is 8.85. The Morgan fingerprint density at radius 2 is 2.12 bits per heavy atom. The van der Waals surface area contributed by atoms with E-state index < -0.39 is 36.2 Å². The van der Waals surface area contributed by atoms with Crippen molar-refractivity contribution in [2.75, 3.05) is 6.61 Å². The molecule has 6 heteroatoms. The van der Waals surface area contributed by atoms with E-state index in [1.807, 2.05) is 26.8 Å². The first-order valence-corrected chi connectivity index (χ1v) is 8.80. The third kappa shape index (κ3) is 4.69. The number of ketones is 1. The summed E-state index contributed by atoms with van der Waals surface area (Å²) in [7, 11) is 0. The monoisotopic (exact) mass is 362 g/mol. The van der Waals surface area contributed by atoms with Crippen LogP contribution >= 0.6 is 0 Å². The maximum Gasteiger partial charge on any atom is 0.332 e. The number of carbonyl (C=O) groups is 3. The average molecular weight is 362 g/mol. The van der Waals surface area contributed by atoms with E-state index in [1.54, 1.807) is 0 Å². The van der Waals surface area contributed by atoms with Crippen LogP contribution in [0.2, 0.25) is 0 Å². The first kappa shape index (κ1) is 20.1. The van der Waals surface area contributed by atoms with Gasteiger partial charge >= 0.3 is 11.9 Å². The van der Waals surface area contributed by atoms with Crippen LogP contribution in [0, 0.1) is 5.41 Å². The van der Waals surface area contributed by atoms with E-state index in [0.29, 0.717) is 0 Å². The van der Waals surface area contributed by atoms with E-state index in [9.17, 15) is 14.4 Å². The molecule has 0 aromatic carbocycles. The summed E-state index contributed by atoms with van der Waals surface area (Å²) in [6.45, 7) is 5.29. The van der Waals surface area contributed by atoms with E-state index in [4.69, 9.17) is 14.6 Å². The van der Waals surface area contributed by atoms with Gasteiger partial charge in [0.25, 0.3) is 0 Å². The van der Waals surface area contributed by atoms with E-state index >= 15 is 0 Å². The van der Waals surface area contributed by atoms with Gasteiger partial charge in [-0.3, -0.25) is 9.59 Å². The first-order valence-electron chi connectivity index (χ1n) is 8.80. The molecule has 1 aliphatic carbocycles. The van der Waals surface area contributed by atoms with Gasteiger partial charge in [-0.1, -0.05) is 17.2 Å². The molecule has 1 unspecified atom stereocenters. The number of aliphatic hydroxyl groups excluding tert-OH is 1. The molecule has 0 amide bonds. The zero-order chi connectivity index (χ0) is 19.3. The SMILES string of the molecule is CC(C)=CCC/C(C)=C/[C@H]1OC(=O)CC12C[C@H](OC(=O)CO)C=CC2=O. The van der Waals surface area contributed by atoms with Crippen LogP contribution in [0.4, 0.5) is 0 Å². The van der Waals surface area contributed by atoms with Crippen molar-refractivity contribution in [1.82, 2.24) is 0 Å². The van der Waals surface area contributed by atoms with Crippen molar-refractivity contribution >= 4 is 17.7 Å². The molecular formula is C20H26O6. The summed E-state index contributed by atoms with van der Waals surface area (Å²) in [6, 6.07) is 0. The number of esters is 2. The van der Waals surface area contributed by atoms with Gasteiger partial charge in [0.1, 0.15) is 18.8 Å². The third-order valence-corrected chi connectivity index (χ3v) is 4.72. The normalized spacial score (nSPS) is 28.2. The summed E-state index contributed by atoms with van der Waals surface area (Å²) in [5.41, 5.74) is 1.22. The van der Waals surface area contributed by atoms with Crippen LogP contribution in [0.25, 0.3) is 0 Å². The number of rotatable bonds is 6. The third-order valence-electron chi connectivity index (χ3n) is 4.72. The second-order valence-electron chi connectivity index (χ2n) is 7.19. The second-order valence-corrected chi connectivity index (χ2v) is 7.19. The van der Waals surface area contributed by atoms with Crippen molar-refractivity contribution in [1.29, 1.82) is 0 Å². The number of allylic oxidation sites excluding steroid dienone is 4. The van der Waals surface area contributed by atoms with Crippen LogP contribution in [-0.4, -0.2) is 41.6 Å². The van der Waals surface area contributed by atoms with E-state index in [2.05, 4.69) is 6.08 Å². The molecule has 2 rings (SSSR count). The summed E-state index contributed by atoms with van der Waals surface area (Å²) in [6.07, 6.45) is 7.29. The highest BCUT2D eigenvalue weighted by atomic mass is 16.6. The van der Waals surface area contributed by atoms with Crippen molar-refractivity contribution in [2.24, 2.45) is 5.41 Å². The molecular weight excluding hydrogens is 336 g/mol. The van der Waals surface area contributed by atoms with Crippen molar-refractivity contribution in [3.8, 4) is 0 Å². The quantitative estimate of drug-likeness (QED) is 0.576. The van der Waals surface area contributed by atoms with Gasteiger partial charge in [-0.15, -0.1) is 0 Å². The standard InChI is InChI=1S/C20H26O6/c1-13(2)5-4-6-14(3)9-17-20(11-18(23)26-17)10-15(7-8-16(20)22)25-19(24)12-21/h5,7-9,15,17,21H,4,6,10-12H2,1-3H3/b14-9+/t15-,17-,20?/m1/s1.